The van der Waals surface area contributed by atoms with Crippen LogP contribution in [0.4, 0.5) is 11.4 Å². The molecule has 2 aliphatic heterocycles. The van der Waals surface area contributed by atoms with Crippen LogP contribution in [0.15, 0.2) is 91.0 Å². The number of para-hydroxylation sites is 2. The number of nitrogens with zero attached hydrogens (tertiary/aromatic N) is 2. The first-order chi connectivity index (χ1) is 14.9. The van der Waals surface area contributed by atoms with Gasteiger partial charge in [0.25, 0.3) is 0 Å². The van der Waals surface area contributed by atoms with Crippen molar-refractivity contribution >= 4 is 11.4 Å². The van der Waals surface area contributed by atoms with Gasteiger partial charge in [0.2, 0.25) is 0 Å². The van der Waals surface area contributed by atoms with E-state index in [0.29, 0.717) is 6.04 Å². The van der Waals surface area contributed by atoms with Crippen molar-refractivity contribution in [3.8, 4) is 0 Å². The lowest BCUT2D eigenvalue weighted by Gasteiger charge is -2.38. The summed E-state index contributed by atoms with van der Waals surface area (Å²) in [4.78, 5) is 5.03. The third-order valence-corrected chi connectivity index (χ3v) is 6.25. The maximum Gasteiger partial charge on any atom is 0.0542 e. The molecule has 3 aromatic carbocycles. The van der Waals surface area contributed by atoms with E-state index in [4.69, 9.17) is 0 Å². The zero-order valence-electron chi connectivity index (χ0n) is 18.0. The zero-order valence-corrected chi connectivity index (χ0v) is 18.0. The molecule has 5 rings (SSSR count). The number of rotatable bonds is 3. The summed E-state index contributed by atoms with van der Waals surface area (Å²) in [6.07, 6.45) is 8.02. The Morgan fingerprint density at radius 1 is 0.500 bits per heavy atom. The van der Waals surface area contributed by atoms with Crippen LogP contribution in [0.3, 0.4) is 0 Å². The molecule has 2 heteroatoms. The van der Waals surface area contributed by atoms with Gasteiger partial charge in [0.1, 0.15) is 0 Å². The summed E-state index contributed by atoms with van der Waals surface area (Å²) in [6, 6.07) is 32.9. The first-order valence-electron chi connectivity index (χ1n) is 11.6. The molecule has 0 N–H and O–H groups in total. The van der Waals surface area contributed by atoms with Gasteiger partial charge in [0, 0.05) is 31.0 Å². The van der Waals surface area contributed by atoms with Gasteiger partial charge in [0.05, 0.1) is 6.04 Å². The Morgan fingerprint density at radius 3 is 1.67 bits per heavy atom. The summed E-state index contributed by atoms with van der Waals surface area (Å²) >= 11 is 0. The van der Waals surface area contributed by atoms with Crippen molar-refractivity contribution in [2.75, 3.05) is 29.4 Å². The highest BCUT2D eigenvalue weighted by Crippen LogP contribution is 2.34. The van der Waals surface area contributed by atoms with E-state index in [0.717, 1.165) is 0 Å². The van der Waals surface area contributed by atoms with E-state index in [9.17, 15) is 0 Å². The molecule has 30 heavy (non-hydrogen) atoms. The Kier molecular flexibility index (Phi) is 7.44. The van der Waals surface area contributed by atoms with E-state index < -0.39 is 0 Å². The fourth-order valence-corrected chi connectivity index (χ4v) is 4.67. The van der Waals surface area contributed by atoms with Crippen molar-refractivity contribution in [3.63, 3.8) is 0 Å². The average molecular weight is 399 g/mol. The number of benzene rings is 3. The molecular weight excluding hydrogens is 364 g/mol. The molecule has 0 amide bonds. The summed E-state index contributed by atoms with van der Waals surface area (Å²) in [5, 5.41) is 0. The van der Waals surface area contributed by atoms with E-state index in [1.807, 2.05) is 0 Å². The minimum Gasteiger partial charge on any atom is -0.372 e. The first-order valence-corrected chi connectivity index (χ1v) is 11.6. The number of hydrogen-bond acceptors (Lipinski definition) is 2. The van der Waals surface area contributed by atoms with Crippen LogP contribution in [-0.4, -0.2) is 19.6 Å². The molecule has 0 aromatic heterocycles. The van der Waals surface area contributed by atoms with Crippen molar-refractivity contribution in [2.45, 2.75) is 44.6 Å². The van der Waals surface area contributed by atoms with E-state index in [-0.39, 0.29) is 0 Å². The molecule has 0 bridgehead atoms. The van der Waals surface area contributed by atoms with E-state index in [2.05, 4.69) is 101 Å². The van der Waals surface area contributed by atoms with Crippen molar-refractivity contribution in [1.29, 1.82) is 0 Å². The second kappa shape index (κ2) is 10.9. The van der Waals surface area contributed by atoms with Crippen molar-refractivity contribution in [1.82, 2.24) is 0 Å². The number of anilines is 2. The minimum absolute atomic E-state index is 0.544. The molecule has 156 valence electrons. The van der Waals surface area contributed by atoms with Gasteiger partial charge in [-0.25, -0.2) is 0 Å². The summed E-state index contributed by atoms with van der Waals surface area (Å²) in [7, 11) is 0. The lowest BCUT2D eigenvalue weighted by molar-refractivity contribution is 0.473. The topological polar surface area (TPSA) is 6.48 Å². The molecule has 1 atom stereocenters. The summed E-state index contributed by atoms with van der Waals surface area (Å²) < 4.78 is 0. The third kappa shape index (κ3) is 5.44. The molecule has 0 spiro atoms. The van der Waals surface area contributed by atoms with E-state index in [1.165, 1.54) is 75.1 Å². The minimum atomic E-state index is 0.544. The quantitative estimate of drug-likeness (QED) is 0.464. The maximum absolute atomic E-state index is 2.55. The molecule has 2 fully saturated rings. The molecule has 2 saturated heterocycles. The monoisotopic (exact) mass is 398 g/mol. The third-order valence-electron chi connectivity index (χ3n) is 6.25. The largest absolute Gasteiger partial charge is 0.372 e. The van der Waals surface area contributed by atoms with Crippen LogP contribution in [0.5, 0.6) is 0 Å². The van der Waals surface area contributed by atoms with Crippen LogP contribution in [0, 0.1) is 0 Å². The van der Waals surface area contributed by atoms with Crippen molar-refractivity contribution in [2.24, 2.45) is 0 Å². The average Bonchev–Trinajstić information content (AvgIpc) is 2.87. The number of piperidine rings is 2. The SMILES string of the molecule is c1ccc(C2CCCCN2c2ccccc2)cc1.c1ccc(N2CCCCC2)cc1. The molecule has 0 saturated carbocycles. The van der Waals surface area contributed by atoms with Gasteiger partial charge in [-0.1, -0.05) is 66.7 Å². The van der Waals surface area contributed by atoms with Crippen molar-refractivity contribution in [3.05, 3.63) is 96.6 Å². The predicted molar refractivity (Wildman–Crippen MR) is 129 cm³/mol. The Morgan fingerprint density at radius 2 is 1.03 bits per heavy atom. The van der Waals surface area contributed by atoms with Crippen molar-refractivity contribution < 1.29 is 0 Å². The van der Waals surface area contributed by atoms with Gasteiger partial charge in [0.15, 0.2) is 0 Å². The van der Waals surface area contributed by atoms with Crippen LogP contribution < -0.4 is 9.80 Å². The Hall–Kier alpha value is -2.74. The highest BCUT2D eigenvalue weighted by Gasteiger charge is 2.23. The normalized spacial score (nSPS) is 19.0. The first kappa shape index (κ1) is 20.5. The lowest BCUT2D eigenvalue weighted by Crippen LogP contribution is -2.33. The van der Waals surface area contributed by atoms with E-state index in [1.54, 1.807) is 0 Å². The Labute approximate surface area is 182 Å². The lowest BCUT2D eigenvalue weighted by atomic mass is 9.94. The van der Waals surface area contributed by atoms with Crippen LogP contribution in [0.2, 0.25) is 0 Å². The molecule has 2 heterocycles. The Bertz CT molecular complexity index is 794. The zero-order chi connectivity index (χ0) is 20.4. The van der Waals surface area contributed by atoms with Crippen LogP contribution in [0.25, 0.3) is 0 Å². The van der Waals surface area contributed by atoms with Gasteiger partial charge in [-0.2, -0.15) is 0 Å². The van der Waals surface area contributed by atoms with Crippen LogP contribution in [0.1, 0.15) is 50.1 Å². The highest BCUT2D eigenvalue weighted by molar-refractivity contribution is 5.49. The Balaban J connectivity index is 0.000000158. The van der Waals surface area contributed by atoms with E-state index >= 15 is 0 Å². The molecule has 2 nitrogen and oxygen atoms in total. The molecule has 0 radical (unpaired) electrons. The second-order valence-corrected chi connectivity index (χ2v) is 8.33. The molecule has 3 aromatic rings. The predicted octanol–water partition coefficient (Wildman–Crippen LogP) is 7.10. The molecular formula is C28H34N2. The van der Waals surface area contributed by atoms with Gasteiger partial charge < -0.3 is 9.80 Å². The van der Waals surface area contributed by atoms with Crippen LogP contribution in [-0.2, 0) is 0 Å². The standard InChI is InChI=1S/C17H19N.C11H15N/c1-3-9-15(10-4-1)17-13-7-8-14-18(17)16-11-5-2-6-12-16;1-3-7-11(8-4-1)12-9-5-2-6-10-12/h1-6,9-12,17H,7-8,13-14H2;1,3-4,7-8H,2,5-6,9-10H2. The van der Waals surface area contributed by atoms with Gasteiger partial charge in [-0.15, -0.1) is 0 Å². The molecule has 2 aliphatic rings. The molecule has 1 unspecified atom stereocenters. The summed E-state index contributed by atoms with van der Waals surface area (Å²) in [5.74, 6) is 0. The maximum atomic E-state index is 2.55. The summed E-state index contributed by atoms with van der Waals surface area (Å²) in [5.41, 5.74) is 4.18. The second-order valence-electron chi connectivity index (χ2n) is 8.33. The van der Waals surface area contributed by atoms with Gasteiger partial charge in [-0.3, -0.25) is 0 Å². The molecule has 0 aliphatic carbocycles. The van der Waals surface area contributed by atoms with Gasteiger partial charge >= 0.3 is 0 Å². The highest BCUT2D eigenvalue weighted by atomic mass is 15.2. The number of hydrogen-bond donors (Lipinski definition) is 0. The smallest absolute Gasteiger partial charge is 0.0542 e. The fourth-order valence-electron chi connectivity index (χ4n) is 4.67. The fraction of sp³-hybridized carbons (Fsp3) is 0.357. The van der Waals surface area contributed by atoms with Gasteiger partial charge in [-0.05, 0) is 68.4 Å². The van der Waals surface area contributed by atoms with Crippen LogP contribution >= 0.6 is 0 Å². The summed E-state index contributed by atoms with van der Waals surface area (Å²) in [6.45, 7) is 3.65.